The van der Waals surface area contributed by atoms with Gasteiger partial charge in [-0.3, -0.25) is 4.79 Å². The van der Waals surface area contributed by atoms with Gasteiger partial charge < -0.3 is 19.7 Å². The zero-order valence-corrected chi connectivity index (χ0v) is 16.3. The molecule has 2 rings (SSSR count). The molecule has 0 unspecified atom stereocenters. The van der Waals surface area contributed by atoms with Crippen LogP contribution in [0.25, 0.3) is 6.08 Å². The SMILES string of the molecule is CC(=O)NCC(=Cc1cc(Cl)cc(C(=O)O)c1)B1OC(C)(C)C(C)(C)O1. The lowest BCUT2D eigenvalue weighted by Crippen LogP contribution is -2.41. The summed E-state index contributed by atoms with van der Waals surface area (Å²) in [5.74, 6) is -1.26. The zero-order chi connectivity index (χ0) is 19.7. The Kier molecular flexibility index (Phi) is 5.85. The summed E-state index contributed by atoms with van der Waals surface area (Å²) in [7, 11) is -0.667. The number of hydrogen-bond acceptors (Lipinski definition) is 4. The zero-order valence-electron chi connectivity index (χ0n) is 15.6. The van der Waals surface area contributed by atoms with Gasteiger partial charge in [-0.05, 0) is 56.9 Å². The minimum Gasteiger partial charge on any atom is -0.478 e. The molecule has 0 aliphatic carbocycles. The van der Waals surface area contributed by atoms with E-state index >= 15 is 0 Å². The molecule has 0 spiro atoms. The summed E-state index contributed by atoms with van der Waals surface area (Å²) in [6.07, 6.45) is 1.73. The first kappa shape index (κ1) is 20.5. The van der Waals surface area contributed by atoms with E-state index in [0.717, 1.165) is 0 Å². The number of amides is 1. The van der Waals surface area contributed by atoms with E-state index < -0.39 is 24.3 Å². The summed E-state index contributed by atoms with van der Waals surface area (Å²) in [6.45, 7) is 9.37. The molecule has 0 bridgehead atoms. The van der Waals surface area contributed by atoms with E-state index in [0.29, 0.717) is 16.1 Å². The lowest BCUT2D eigenvalue weighted by atomic mass is 9.77. The summed E-state index contributed by atoms with van der Waals surface area (Å²) in [4.78, 5) is 22.6. The molecule has 1 aliphatic rings. The number of carbonyl (C=O) groups is 2. The van der Waals surface area contributed by atoms with Crippen LogP contribution in [0.4, 0.5) is 0 Å². The maximum absolute atomic E-state index is 11.3. The summed E-state index contributed by atoms with van der Waals surface area (Å²) in [5, 5.41) is 12.2. The molecule has 0 atom stereocenters. The van der Waals surface area contributed by atoms with Crippen LogP contribution < -0.4 is 5.32 Å². The van der Waals surface area contributed by atoms with E-state index in [2.05, 4.69) is 5.32 Å². The Morgan fingerprint density at radius 2 is 1.77 bits per heavy atom. The summed E-state index contributed by atoms with van der Waals surface area (Å²) >= 11 is 6.03. The highest BCUT2D eigenvalue weighted by molar-refractivity contribution is 6.56. The molecule has 6 nitrogen and oxygen atoms in total. The van der Waals surface area contributed by atoms with Gasteiger partial charge in [0.2, 0.25) is 5.91 Å². The lowest BCUT2D eigenvalue weighted by Gasteiger charge is -2.32. The molecule has 0 aromatic heterocycles. The summed E-state index contributed by atoms with van der Waals surface area (Å²) < 4.78 is 12.1. The molecule has 0 radical (unpaired) electrons. The van der Waals surface area contributed by atoms with Crippen LogP contribution in [0.5, 0.6) is 0 Å². The molecule has 1 amide bonds. The number of benzene rings is 1. The van der Waals surface area contributed by atoms with Crippen LogP contribution in [0.15, 0.2) is 23.7 Å². The molecular formula is C18H23BClNO5. The highest BCUT2D eigenvalue weighted by Gasteiger charge is 2.52. The number of nitrogens with one attached hydrogen (secondary N) is 1. The topological polar surface area (TPSA) is 84.9 Å². The molecular weight excluding hydrogens is 356 g/mol. The monoisotopic (exact) mass is 379 g/mol. The number of hydrogen-bond donors (Lipinski definition) is 2. The molecule has 0 saturated carbocycles. The fourth-order valence-electron chi connectivity index (χ4n) is 2.46. The molecule has 8 heteroatoms. The Balaban J connectivity index is 2.41. The molecule has 1 saturated heterocycles. The van der Waals surface area contributed by atoms with Crippen LogP contribution in [0.1, 0.15) is 50.5 Å². The van der Waals surface area contributed by atoms with E-state index in [1.54, 1.807) is 12.1 Å². The number of halogens is 1. The molecule has 26 heavy (non-hydrogen) atoms. The van der Waals surface area contributed by atoms with Crippen molar-refractivity contribution in [2.45, 2.75) is 45.8 Å². The largest absolute Gasteiger partial charge is 0.492 e. The maximum atomic E-state index is 11.3. The first-order valence-corrected chi connectivity index (χ1v) is 8.63. The average Bonchev–Trinajstić information content (AvgIpc) is 2.70. The van der Waals surface area contributed by atoms with Crippen molar-refractivity contribution < 1.29 is 24.0 Å². The minimum atomic E-state index is -1.07. The van der Waals surface area contributed by atoms with Crippen molar-refractivity contribution >= 4 is 36.7 Å². The van der Waals surface area contributed by atoms with Crippen LogP contribution in [0.2, 0.25) is 5.02 Å². The van der Waals surface area contributed by atoms with Crippen LogP contribution in [-0.2, 0) is 14.1 Å². The molecule has 1 aromatic rings. The average molecular weight is 380 g/mol. The number of rotatable bonds is 5. The summed E-state index contributed by atoms with van der Waals surface area (Å²) in [5.41, 5.74) is 0.264. The third-order valence-corrected chi connectivity index (χ3v) is 4.83. The highest BCUT2D eigenvalue weighted by Crippen LogP contribution is 2.38. The fraction of sp³-hybridized carbons (Fsp3) is 0.444. The van der Waals surface area contributed by atoms with E-state index in [-0.39, 0.29) is 18.0 Å². The van der Waals surface area contributed by atoms with Gasteiger partial charge in [0.15, 0.2) is 0 Å². The van der Waals surface area contributed by atoms with Crippen molar-refractivity contribution in [3.8, 4) is 0 Å². The van der Waals surface area contributed by atoms with Crippen LogP contribution in [0.3, 0.4) is 0 Å². The first-order valence-electron chi connectivity index (χ1n) is 8.26. The predicted octanol–water partition coefficient (Wildman–Crippen LogP) is 3.19. The molecule has 1 fully saturated rings. The normalized spacial score (nSPS) is 18.7. The third kappa shape index (κ3) is 4.66. The third-order valence-electron chi connectivity index (χ3n) is 4.62. The van der Waals surface area contributed by atoms with Gasteiger partial charge in [0, 0.05) is 18.5 Å². The van der Waals surface area contributed by atoms with E-state index in [1.165, 1.54) is 19.1 Å². The Morgan fingerprint density at radius 1 is 1.19 bits per heavy atom. The molecule has 1 aromatic carbocycles. The van der Waals surface area contributed by atoms with Crippen LogP contribution in [-0.4, -0.2) is 41.8 Å². The van der Waals surface area contributed by atoms with Crippen LogP contribution >= 0.6 is 11.6 Å². The Bertz CT molecular complexity index is 744. The highest BCUT2D eigenvalue weighted by atomic mass is 35.5. The molecule has 1 heterocycles. The predicted molar refractivity (Wildman–Crippen MR) is 101 cm³/mol. The van der Waals surface area contributed by atoms with Gasteiger partial charge in [-0.1, -0.05) is 17.7 Å². The molecule has 140 valence electrons. The maximum Gasteiger partial charge on any atom is 0.492 e. The van der Waals surface area contributed by atoms with Crippen molar-refractivity contribution in [1.29, 1.82) is 0 Å². The van der Waals surface area contributed by atoms with Gasteiger partial charge in [0.05, 0.1) is 16.8 Å². The standard InChI is InChI=1S/C18H23BClNO5/c1-11(22)21-10-14(19-25-17(2,3)18(4,5)26-19)7-12-6-13(16(23)24)9-15(20)8-12/h6-9H,10H2,1-5H3,(H,21,22)(H,23,24). The Hall–Kier alpha value is -1.83. The van der Waals surface area contributed by atoms with Crippen molar-refractivity contribution in [1.82, 2.24) is 5.32 Å². The number of aromatic carboxylic acids is 1. The molecule has 1 aliphatic heterocycles. The second-order valence-electron chi connectivity index (χ2n) is 7.30. The van der Waals surface area contributed by atoms with E-state index in [4.69, 9.17) is 20.9 Å². The van der Waals surface area contributed by atoms with Crippen molar-refractivity contribution in [2.75, 3.05) is 6.54 Å². The Labute approximate surface area is 158 Å². The quantitative estimate of drug-likeness (QED) is 0.768. The minimum absolute atomic E-state index is 0.0801. The fourth-order valence-corrected chi connectivity index (χ4v) is 2.70. The molecule has 2 N–H and O–H groups in total. The number of carbonyl (C=O) groups excluding carboxylic acids is 1. The van der Waals surface area contributed by atoms with E-state index in [1.807, 2.05) is 27.7 Å². The lowest BCUT2D eigenvalue weighted by molar-refractivity contribution is -0.118. The smallest absolute Gasteiger partial charge is 0.478 e. The van der Waals surface area contributed by atoms with Gasteiger partial charge in [-0.15, -0.1) is 0 Å². The van der Waals surface area contributed by atoms with Crippen molar-refractivity contribution in [2.24, 2.45) is 0 Å². The number of carboxylic acids is 1. The van der Waals surface area contributed by atoms with Crippen LogP contribution in [0, 0.1) is 0 Å². The second kappa shape index (κ2) is 7.43. The van der Waals surface area contributed by atoms with Crippen molar-refractivity contribution in [3.63, 3.8) is 0 Å². The Morgan fingerprint density at radius 3 is 2.27 bits per heavy atom. The van der Waals surface area contributed by atoms with Gasteiger partial charge in [-0.2, -0.15) is 0 Å². The first-order chi connectivity index (χ1) is 11.9. The second-order valence-corrected chi connectivity index (χ2v) is 7.73. The van der Waals surface area contributed by atoms with E-state index in [9.17, 15) is 14.7 Å². The van der Waals surface area contributed by atoms with Gasteiger partial charge >= 0.3 is 13.1 Å². The van der Waals surface area contributed by atoms with Gasteiger partial charge in [0.25, 0.3) is 0 Å². The number of carboxylic acid groups (broad SMARTS) is 1. The van der Waals surface area contributed by atoms with Gasteiger partial charge in [-0.25, -0.2) is 4.79 Å². The summed E-state index contributed by atoms with van der Waals surface area (Å²) in [6, 6.07) is 4.53. The van der Waals surface area contributed by atoms with Crippen molar-refractivity contribution in [3.05, 3.63) is 39.8 Å². The van der Waals surface area contributed by atoms with Gasteiger partial charge in [0.1, 0.15) is 0 Å².